The van der Waals surface area contributed by atoms with Crippen molar-refractivity contribution in [3.63, 3.8) is 0 Å². The summed E-state index contributed by atoms with van der Waals surface area (Å²) in [5.74, 6) is 0.752. The second kappa shape index (κ2) is 3.79. The van der Waals surface area contributed by atoms with Gasteiger partial charge in [0.15, 0.2) is 0 Å². The van der Waals surface area contributed by atoms with Crippen LogP contribution < -0.4 is 5.73 Å². The largest absolute Gasteiger partial charge is 0.325 e. The van der Waals surface area contributed by atoms with Crippen LogP contribution >= 0.6 is 11.3 Å². The summed E-state index contributed by atoms with van der Waals surface area (Å²) < 4.78 is 1.31. The summed E-state index contributed by atoms with van der Waals surface area (Å²) in [4.78, 5) is 4.74. The van der Waals surface area contributed by atoms with E-state index < -0.39 is 0 Å². The van der Waals surface area contributed by atoms with E-state index in [0.29, 0.717) is 0 Å². The van der Waals surface area contributed by atoms with E-state index >= 15 is 0 Å². The summed E-state index contributed by atoms with van der Waals surface area (Å²) in [5.41, 5.74) is 8.35. The maximum Gasteiger partial charge on any atom is 0.0969 e. The molecule has 2 aromatic rings. The quantitative estimate of drug-likeness (QED) is 0.901. The molecule has 1 aromatic carbocycles. The predicted octanol–water partition coefficient (Wildman–Crippen LogP) is 3.45. The summed E-state index contributed by atoms with van der Waals surface area (Å²) in [7, 11) is 0. The van der Waals surface area contributed by atoms with Gasteiger partial charge in [-0.25, -0.2) is 4.98 Å². The highest BCUT2D eigenvalue weighted by molar-refractivity contribution is 7.18. The van der Waals surface area contributed by atoms with Gasteiger partial charge in [0, 0.05) is 11.5 Å². The number of fused-ring (bicyclic) bond motifs is 1. The Bertz CT molecular complexity index is 547. The van der Waals surface area contributed by atoms with Gasteiger partial charge in [-0.15, -0.1) is 11.3 Å². The zero-order valence-corrected chi connectivity index (χ0v) is 11.2. The van der Waals surface area contributed by atoms with Gasteiger partial charge in [0.1, 0.15) is 0 Å². The number of nitrogens with zero attached hydrogens (tertiary/aromatic N) is 1. The number of hydrogen-bond acceptors (Lipinski definition) is 3. The van der Waals surface area contributed by atoms with Crippen molar-refractivity contribution in [1.29, 1.82) is 0 Å². The fraction of sp³-hybridized carbons (Fsp3) is 0.500. The number of rotatable bonds is 3. The third kappa shape index (κ3) is 2.50. The first-order chi connectivity index (χ1) is 8.01. The lowest BCUT2D eigenvalue weighted by Crippen LogP contribution is -2.34. The minimum absolute atomic E-state index is 0.150. The van der Waals surface area contributed by atoms with E-state index in [-0.39, 0.29) is 5.54 Å². The number of hydrogen-bond donors (Lipinski definition) is 1. The van der Waals surface area contributed by atoms with E-state index in [9.17, 15) is 0 Å². The zero-order chi connectivity index (χ0) is 12.0. The van der Waals surface area contributed by atoms with Crippen LogP contribution in [0.2, 0.25) is 0 Å². The van der Waals surface area contributed by atoms with Gasteiger partial charge in [-0.1, -0.05) is 6.07 Å². The van der Waals surface area contributed by atoms with Gasteiger partial charge in [-0.05, 0) is 50.8 Å². The molecule has 17 heavy (non-hydrogen) atoms. The third-order valence-electron chi connectivity index (χ3n) is 3.05. The van der Waals surface area contributed by atoms with Crippen molar-refractivity contribution < 1.29 is 0 Å². The summed E-state index contributed by atoms with van der Waals surface area (Å²) in [6.45, 7) is 4.13. The average molecular weight is 246 g/mol. The number of benzene rings is 1. The molecular weight excluding hydrogens is 228 g/mol. The molecule has 1 aliphatic rings. The fourth-order valence-electron chi connectivity index (χ4n) is 2.13. The molecule has 0 aliphatic heterocycles. The van der Waals surface area contributed by atoms with Crippen LogP contribution in [-0.4, -0.2) is 10.5 Å². The molecular formula is C14H18N2S. The van der Waals surface area contributed by atoms with E-state index in [0.717, 1.165) is 17.9 Å². The highest BCUT2D eigenvalue weighted by atomic mass is 32.1. The zero-order valence-electron chi connectivity index (χ0n) is 10.4. The van der Waals surface area contributed by atoms with Crippen LogP contribution in [-0.2, 0) is 6.42 Å². The highest BCUT2D eigenvalue weighted by Gasteiger charge is 2.27. The Morgan fingerprint density at radius 1 is 1.41 bits per heavy atom. The lowest BCUT2D eigenvalue weighted by molar-refractivity contribution is 0.517. The molecule has 3 rings (SSSR count). The summed E-state index contributed by atoms with van der Waals surface area (Å²) in [6.07, 6.45) is 3.55. The van der Waals surface area contributed by atoms with Crippen LogP contribution in [0.3, 0.4) is 0 Å². The van der Waals surface area contributed by atoms with Crippen LogP contribution in [0.5, 0.6) is 0 Å². The Hall–Kier alpha value is -0.930. The monoisotopic (exact) mass is 246 g/mol. The van der Waals surface area contributed by atoms with E-state index in [4.69, 9.17) is 10.7 Å². The van der Waals surface area contributed by atoms with Gasteiger partial charge in [-0.2, -0.15) is 0 Å². The molecule has 0 radical (unpaired) electrons. The Morgan fingerprint density at radius 2 is 2.18 bits per heavy atom. The van der Waals surface area contributed by atoms with Crippen molar-refractivity contribution in [3.8, 4) is 0 Å². The van der Waals surface area contributed by atoms with Gasteiger partial charge in [0.05, 0.1) is 15.2 Å². The molecule has 2 N–H and O–H groups in total. The number of nitrogens with two attached hydrogens (primary N) is 1. The Kier molecular flexibility index (Phi) is 2.49. The van der Waals surface area contributed by atoms with E-state index in [1.54, 1.807) is 0 Å². The van der Waals surface area contributed by atoms with E-state index in [1.807, 2.05) is 11.3 Å². The first kappa shape index (κ1) is 11.2. The van der Waals surface area contributed by atoms with Crippen molar-refractivity contribution in [1.82, 2.24) is 4.98 Å². The molecule has 2 nitrogen and oxygen atoms in total. The molecule has 1 aromatic heterocycles. The van der Waals surface area contributed by atoms with Crippen molar-refractivity contribution in [2.45, 2.75) is 44.6 Å². The van der Waals surface area contributed by atoms with Gasteiger partial charge >= 0.3 is 0 Å². The molecule has 0 atom stereocenters. The Labute approximate surface area is 106 Å². The molecule has 0 amide bonds. The molecule has 0 bridgehead atoms. The Morgan fingerprint density at radius 3 is 2.82 bits per heavy atom. The van der Waals surface area contributed by atoms with Crippen molar-refractivity contribution >= 4 is 21.6 Å². The van der Waals surface area contributed by atoms with Crippen molar-refractivity contribution in [3.05, 3.63) is 28.8 Å². The molecule has 90 valence electrons. The summed E-state index contributed by atoms with van der Waals surface area (Å²) in [5, 5.41) is 1.32. The number of aromatic nitrogens is 1. The molecule has 1 fully saturated rings. The van der Waals surface area contributed by atoms with Crippen LogP contribution in [0.15, 0.2) is 18.2 Å². The average Bonchev–Trinajstić information content (AvgIpc) is 2.96. The maximum atomic E-state index is 6.06. The van der Waals surface area contributed by atoms with Gasteiger partial charge < -0.3 is 5.73 Å². The van der Waals surface area contributed by atoms with Gasteiger partial charge in [-0.3, -0.25) is 0 Å². The highest BCUT2D eigenvalue weighted by Crippen LogP contribution is 2.43. The smallest absolute Gasteiger partial charge is 0.0969 e. The summed E-state index contributed by atoms with van der Waals surface area (Å²) in [6, 6.07) is 6.58. The SMILES string of the molecule is CC(C)(N)Cc1ccc2sc(C3CC3)nc2c1. The second-order valence-electron chi connectivity index (χ2n) is 5.79. The maximum absolute atomic E-state index is 6.06. The van der Waals surface area contributed by atoms with Crippen LogP contribution in [0.25, 0.3) is 10.2 Å². The lowest BCUT2D eigenvalue weighted by Gasteiger charge is -2.18. The normalized spacial score (nSPS) is 16.6. The van der Waals surface area contributed by atoms with Crippen LogP contribution in [0, 0.1) is 0 Å². The second-order valence-corrected chi connectivity index (χ2v) is 6.86. The predicted molar refractivity (Wildman–Crippen MR) is 73.6 cm³/mol. The molecule has 1 aliphatic carbocycles. The minimum atomic E-state index is -0.150. The van der Waals surface area contributed by atoms with Gasteiger partial charge in [0.25, 0.3) is 0 Å². The van der Waals surface area contributed by atoms with Crippen LogP contribution in [0.1, 0.15) is 43.2 Å². The first-order valence-corrected chi connectivity index (χ1v) is 7.01. The van der Waals surface area contributed by atoms with Crippen molar-refractivity contribution in [2.24, 2.45) is 5.73 Å². The lowest BCUT2D eigenvalue weighted by atomic mass is 9.96. The molecule has 1 heterocycles. The molecule has 3 heteroatoms. The van der Waals surface area contributed by atoms with E-state index in [2.05, 4.69) is 32.0 Å². The third-order valence-corrected chi connectivity index (χ3v) is 4.25. The molecule has 0 spiro atoms. The molecule has 0 unspecified atom stereocenters. The van der Waals surface area contributed by atoms with E-state index in [1.165, 1.54) is 28.1 Å². The standard InChI is InChI=1S/C14H18N2S/c1-14(2,15)8-9-3-6-12-11(7-9)16-13(17-12)10-4-5-10/h3,6-7,10H,4-5,8,15H2,1-2H3. The first-order valence-electron chi connectivity index (χ1n) is 6.19. The van der Waals surface area contributed by atoms with Crippen molar-refractivity contribution in [2.75, 3.05) is 0 Å². The topological polar surface area (TPSA) is 38.9 Å². The van der Waals surface area contributed by atoms with Gasteiger partial charge in [0.2, 0.25) is 0 Å². The molecule has 1 saturated carbocycles. The fourth-order valence-corrected chi connectivity index (χ4v) is 3.25. The summed E-state index contributed by atoms with van der Waals surface area (Å²) >= 11 is 1.85. The molecule has 0 saturated heterocycles. The number of thiazole rings is 1. The minimum Gasteiger partial charge on any atom is -0.325 e. The Balaban J connectivity index is 1.94. The van der Waals surface area contributed by atoms with Crippen LogP contribution in [0.4, 0.5) is 0 Å².